The van der Waals surface area contributed by atoms with Crippen molar-refractivity contribution in [3.8, 4) is 5.75 Å². The predicted octanol–water partition coefficient (Wildman–Crippen LogP) is 3.81. The van der Waals surface area contributed by atoms with Crippen LogP contribution in [0.5, 0.6) is 5.75 Å². The second kappa shape index (κ2) is 4.40. The number of rotatable bonds is 2. The maximum atomic E-state index is 11.9. The SMILES string of the molecule is O=Cc1cc(OC(F)(F)F)c(Br)cc1Cl. The van der Waals surface area contributed by atoms with Gasteiger partial charge in [0.15, 0.2) is 6.29 Å². The summed E-state index contributed by atoms with van der Waals surface area (Å²) in [6, 6.07) is 2.07. The molecular weight excluding hydrogens is 300 g/mol. The average Bonchev–Trinajstić information content (AvgIpc) is 2.07. The average molecular weight is 303 g/mol. The Hall–Kier alpha value is -0.750. The molecule has 0 aromatic heterocycles. The molecule has 0 bridgehead atoms. The van der Waals surface area contributed by atoms with Crippen molar-refractivity contribution in [1.29, 1.82) is 0 Å². The van der Waals surface area contributed by atoms with Crippen molar-refractivity contribution in [1.82, 2.24) is 0 Å². The smallest absolute Gasteiger partial charge is 0.405 e. The Kier molecular flexibility index (Phi) is 3.62. The van der Waals surface area contributed by atoms with Crippen LogP contribution in [0, 0.1) is 0 Å². The Bertz CT molecular complexity index is 392. The molecule has 1 rings (SSSR count). The zero-order chi connectivity index (χ0) is 11.6. The van der Waals surface area contributed by atoms with Crippen LogP contribution in [0.25, 0.3) is 0 Å². The first-order valence-corrected chi connectivity index (χ1v) is 4.70. The number of alkyl halides is 3. The molecule has 82 valence electrons. The van der Waals surface area contributed by atoms with Crippen LogP contribution >= 0.6 is 27.5 Å². The van der Waals surface area contributed by atoms with E-state index in [0.29, 0.717) is 6.29 Å². The van der Waals surface area contributed by atoms with Gasteiger partial charge >= 0.3 is 6.36 Å². The van der Waals surface area contributed by atoms with E-state index in [-0.39, 0.29) is 15.1 Å². The van der Waals surface area contributed by atoms with Crippen LogP contribution in [0.4, 0.5) is 13.2 Å². The molecule has 0 fully saturated rings. The lowest BCUT2D eigenvalue weighted by atomic mass is 10.2. The summed E-state index contributed by atoms with van der Waals surface area (Å²) < 4.78 is 39.4. The fourth-order valence-corrected chi connectivity index (χ4v) is 1.60. The van der Waals surface area contributed by atoms with E-state index in [2.05, 4.69) is 20.7 Å². The number of halogens is 5. The van der Waals surface area contributed by atoms with Crippen molar-refractivity contribution < 1.29 is 22.7 Å². The van der Waals surface area contributed by atoms with Crippen LogP contribution in [0.1, 0.15) is 10.4 Å². The number of carbonyl (C=O) groups excluding carboxylic acids is 1. The van der Waals surface area contributed by atoms with Gasteiger partial charge in [-0.05, 0) is 28.1 Å². The Morgan fingerprint density at radius 3 is 2.47 bits per heavy atom. The summed E-state index contributed by atoms with van der Waals surface area (Å²) in [5.74, 6) is -0.506. The van der Waals surface area contributed by atoms with E-state index in [9.17, 15) is 18.0 Å². The molecule has 15 heavy (non-hydrogen) atoms. The van der Waals surface area contributed by atoms with E-state index in [1.807, 2.05) is 0 Å². The Labute approximate surface area is 96.1 Å². The molecule has 0 N–H and O–H groups in total. The molecule has 0 amide bonds. The fraction of sp³-hybridized carbons (Fsp3) is 0.125. The first kappa shape index (κ1) is 12.3. The Morgan fingerprint density at radius 1 is 1.40 bits per heavy atom. The van der Waals surface area contributed by atoms with Crippen LogP contribution in [0.3, 0.4) is 0 Å². The minimum absolute atomic E-state index is 0.0235. The topological polar surface area (TPSA) is 26.3 Å². The molecule has 0 aliphatic rings. The summed E-state index contributed by atoms with van der Waals surface area (Å²) in [4.78, 5) is 10.4. The molecular formula is C8H3BrClF3O2. The first-order chi connectivity index (χ1) is 6.83. The highest BCUT2D eigenvalue weighted by Crippen LogP contribution is 2.34. The lowest BCUT2D eigenvalue weighted by molar-refractivity contribution is -0.274. The molecule has 0 saturated heterocycles. The number of carbonyl (C=O) groups is 1. The third kappa shape index (κ3) is 3.39. The first-order valence-electron chi connectivity index (χ1n) is 3.53. The standard InChI is InChI=1S/C8H3BrClF3O2/c9-5-2-6(10)4(3-14)1-7(5)15-8(11,12)13/h1-3H. The van der Waals surface area contributed by atoms with Crippen LogP contribution in [0.15, 0.2) is 16.6 Å². The highest BCUT2D eigenvalue weighted by molar-refractivity contribution is 9.10. The van der Waals surface area contributed by atoms with Gasteiger partial charge in [-0.1, -0.05) is 11.6 Å². The van der Waals surface area contributed by atoms with Crippen molar-refractivity contribution >= 4 is 33.8 Å². The molecule has 0 saturated carbocycles. The molecule has 1 aromatic carbocycles. The van der Waals surface area contributed by atoms with Gasteiger partial charge in [-0.2, -0.15) is 0 Å². The molecule has 0 heterocycles. The lowest BCUT2D eigenvalue weighted by Crippen LogP contribution is -2.17. The highest BCUT2D eigenvalue weighted by atomic mass is 79.9. The van der Waals surface area contributed by atoms with Gasteiger partial charge in [0, 0.05) is 5.56 Å². The highest BCUT2D eigenvalue weighted by Gasteiger charge is 2.32. The summed E-state index contributed by atoms with van der Waals surface area (Å²) in [6.45, 7) is 0. The third-order valence-corrected chi connectivity index (χ3v) is 2.35. The van der Waals surface area contributed by atoms with Gasteiger partial charge in [0.05, 0.1) is 9.50 Å². The van der Waals surface area contributed by atoms with Gasteiger partial charge < -0.3 is 4.74 Å². The van der Waals surface area contributed by atoms with Gasteiger partial charge in [-0.25, -0.2) is 0 Å². The van der Waals surface area contributed by atoms with Crippen LogP contribution in [-0.4, -0.2) is 12.6 Å². The summed E-state index contributed by atoms with van der Waals surface area (Å²) in [5.41, 5.74) is -0.0703. The third-order valence-electron chi connectivity index (χ3n) is 1.40. The molecule has 1 aromatic rings. The second-order valence-corrected chi connectivity index (χ2v) is 3.73. The van der Waals surface area contributed by atoms with E-state index >= 15 is 0 Å². The van der Waals surface area contributed by atoms with E-state index in [4.69, 9.17) is 11.6 Å². The maximum absolute atomic E-state index is 11.9. The van der Waals surface area contributed by atoms with E-state index in [0.717, 1.165) is 12.1 Å². The Morgan fingerprint density at radius 2 is 2.00 bits per heavy atom. The molecule has 0 aliphatic carbocycles. The molecule has 7 heteroatoms. The van der Waals surface area contributed by atoms with E-state index in [1.54, 1.807) is 0 Å². The molecule has 2 nitrogen and oxygen atoms in total. The number of ether oxygens (including phenoxy) is 1. The number of hydrogen-bond donors (Lipinski definition) is 0. The van der Waals surface area contributed by atoms with Crippen LogP contribution in [-0.2, 0) is 0 Å². The van der Waals surface area contributed by atoms with E-state index in [1.165, 1.54) is 0 Å². The summed E-state index contributed by atoms with van der Waals surface area (Å²) in [5, 5.41) is 0.0476. The monoisotopic (exact) mass is 302 g/mol. The van der Waals surface area contributed by atoms with Gasteiger partial charge in [0.2, 0.25) is 0 Å². The molecule has 0 atom stereocenters. The van der Waals surface area contributed by atoms with Crippen molar-refractivity contribution in [2.75, 3.05) is 0 Å². The summed E-state index contributed by atoms with van der Waals surface area (Å²) in [7, 11) is 0. The van der Waals surface area contributed by atoms with Crippen LogP contribution < -0.4 is 4.74 Å². The summed E-state index contributed by atoms with van der Waals surface area (Å²) in [6.07, 6.45) is -4.46. The van der Waals surface area contributed by atoms with Gasteiger partial charge in [0.1, 0.15) is 5.75 Å². The van der Waals surface area contributed by atoms with Gasteiger partial charge in [-0.15, -0.1) is 13.2 Å². The fourth-order valence-electron chi connectivity index (χ4n) is 0.838. The van der Waals surface area contributed by atoms with Gasteiger partial charge in [-0.3, -0.25) is 4.79 Å². The molecule has 0 unspecified atom stereocenters. The lowest BCUT2D eigenvalue weighted by Gasteiger charge is -2.11. The Balaban J connectivity index is 3.13. The summed E-state index contributed by atoms with van der Waals surface area (Å²) >= 11 is 8.41. The van der Waals surface area contributed by atoms with Gasteiger partial charge in [0.25, 0.3) is 0 Å². The number of aldehydes is 1. The quantitative estimate of drug-likeness (QED) is 0.777. The minimum atomic E-state index is -4.81. The van der Waals surface area contributed by atoms with Crippen LogP contribution in [0.2, 0.25) is 5.02 Å². The second-order valence-electron chi connectivity index (χ2n) is 2.47. The van der Waals surface area contributed by atoms with Crippen molar-refractivity contribution in [2.24, 2.45) is 0 Å². The zero-order valence-electron chi connectivity index (χ0n) is 6.94. The number of benzene rings is 1. The molecule has 0 aliphatic heterocycles. The maximum Gasteiger partial charge on any atom is 0.573 e. The molecule has 0 spiro atoms. The van der Waals surface area contributed by atoms with Crippen molar-refractivity contribution in [3.05, 3.63) is 27.2 Å². The normalized spacial score (nSPS) is 11.3. The van der Waals surface area contributed by atoms with E-state index < -0.39 is 12.1 Å². The van der Waals surface area contributed by atoms with Crippen molar-refractivity contribution in [3.63, 3.8) is 0 Å². The van der Waals surface area contributed by atoms with Crippen molar-refractivity contribution in [2.45, 2.75) is 6.36 Å². The largest absolute Gasteiger partial charge is 0.573 e. The number of hydrogen-bond acceptors (Lipinski definition) is 2. The molecule has 0 radical (unpaired) electrons. The zero-order valence-corrected chi connectivity index (χ0v) is 9.28. The predicted molar refractivity (Wildman–Crippen MR) is 51.2 cm³/mol. The minimum Gasteiger partial charge on any atom is -0.405 e.